The molecule has 164 valence electrons. The van der Waals surface area contributed by atoms with Gasteiger partial charge in [0.25, 0.3) is 0 Å². The molecule has 0 saturated heterocycles. The van der Waals surface area contributed by atoms with E-state index in [1.165, 1.54) is 23.8 Å². The second-order valence-electron chi connectivity index (χ2n) is 7.84. The molecule has 0 aromatic heterocycles. The average molecular weight is 473 g/mol. The lowest BCUT2D eigenvalue weighted by Crippen LogP contribution is -2.41. The number of benzene rings is 2. The number of carbonyl (C=O) groups is 1. The van der Waals surface area contributed by atoms with Crippen molar-refractivity contribution in [1.82, 2.24) is 5.32 Å². The number of hydrogen-bond donors (Lipinski definition) is 1. The monoisotopic (exact) mass is 472 g/mol. The second kappa shape index (κ2) is 9.90. The standard InChI is InChI=1S/C21H26Cl2N2O4S/c1-21(2,3)15-5-8-17(9-6-15)29-12-11-24-20(26)14-25(30(4,27)28)16-7-10-18(22)19(23)13-16/h5-10,13H,11-12,14H2,1-4H3,(H,24,26). The number of rotatable bonds is 8. The Morgan fingerprint density at radius 3 is 2.23 bits per heavy atom. The van der Waals surface area contributed by atoms with Crippen LogP contribution in [0.4, 0.5) is 5.69 Å². The highest BCUT2D eigenvalue weighted by molar-refractivity contribution is 7.92. The highest BCUT2D eigenvalue weighted by Crippen LogP contribution is 2.28. The van der Waals surface area contributed by atoms with E-state index in [-0.39, 0.29) is 35.8 Å². The van der Waals surface area contributed by atoms with Gasteiger partial charge in [-0.2, -0.15) is 0 Å². The first-order valence-corrected chi connectivity index (χ1v) is 11.9. The molecule has 9 heteroatoms. The van der Waals surface area contributed by atoms with E-state index in [4.69, 9.17) is 27.9 Å². The van der Waals surface area contributed by atoms with Crippen LogP contribution in [0.5, 0.6) is 5.75 Å². The lowest BCUT2D eigenvalue weighted by Gasteiger charge is -2.22. The molecule has 0 fully saturated rings. The van der Waals surface area contributed by atoms with E-state index in [2.05, 4.69) is 26.1 Å². The normalized spacial score (nSPS) is 11.8. The Balaban J connectivity index is 1.89. The molecule has 2 rings (SSSR count). The van der Waals surface area contributed by atoms with Gasteiger partial charge < -0.3 is 10.1 Å². The quantitative estimate of drug-likeness (QED) is 0.582. The van der Waals surface area contributed by atoms with Gasteiger partial charge in [0.2, 0.25) is 15.9 Å². The van der Waals surface area contributed by atoms with E-state index >= 15 is 0 Å². The number of carbonyl (C=O) groups excluding carboxylic acids is 1. The van der Waals surface area contributed by atoms with Gasteiger partial charge in [0.15, 0.2) is 0 Å². The molecule has 2 aromatic rings. The lowest BCUT2D eigenvalue weighted by atomic mass is 9.87. The van der Waals surface area contributed by atoms with Crippen LogP contribution in [0.1, 0.15) is 26.3 Å². The molecule has 0 aliphatic rings. The molecule has 2 aromatic carbocycles. The predicted octanol–water partition coefficient (Wildman–Crippen LogP) is 4.25. The number of nitrogens with one attached hydrogen (secondary N) is 1. The summed E-state index contributed by atoms with van der Waals surface area (Å²) in [6.07, 6.45) is 1.02. The van der Waals surface area contributed by atoms with E-state index in [1.807, 2.05) is 24.3 Å². The fourth-order valence-corrected chi connectivity index (χ4v) is 3.78. The zero-order chi connectivity index (χ0) is 22.5. The van der Waals surface area contributed by atoms with Gasteiger partial charge in [-0.1, -0.05) is 56.1 Å². The topological polar surface area (TPSA) is 75.7 Å². The maximum atomic E-state index is 12.3. The Hall–Kier alpha value is -1.96. The summed E-state index contributed by atoms with van der Waals surface area (Å²) >= 11 is 11.8. The van der Waals surface area contributed by atoms with E-state index in [0.717, 1.165) is 10.6 Å². The molecular weight excluding hydrogens is 447 g/mol. The SMILES string of the molecule is CC(C)(C)c1ccc(OCCNC(=O)CN(c2ccc(Cl)c(Cl)c2)S(C)(=O)=O)cc1. The van der Waals surface area contributed by atoms with Crippen LogP contribution in [0.2, 0.25) is 10.0 Å². The fraction of sp³-hybridized carbons (Fsp3) is 0.381. The van der Waals surface area contributed by atoms with Crippen molar-refractivity contribution in [2.45, 2.75) is 26.2 Å². The van der Waals surface area contributed by atoms with Crippen molar-refractivity contribution >= 4 is 44.8 Å². The molecule has 6 nitrogen and oxygen atoms in total. The number of nitrogens with zero attached hydrogens (tertiary/aromatic N) is 1. The minimum absolute atomic E-state index is 0.0618. The third-order valence-corrected chi connectivity index (χ3v) is 6.17. The number of anilines is 1. The molecule has 1 N–H and O–H groups in total. The molecule has 0 atom stereocenters. The van der Waals surface area contributed by atoms with E-state index in [9.17, 15) is 13.2 Å². The van der Waals surface area contributed by atoms with Crippen LogP contribution in [-0.4, -0.2) is 40.3 Å². The molecule has 0 aliphatic carbocycles. The van der Waals surface area contributed by atoms with Crippen molar-refractivity contribution in [3.05, 3.63) is 58.1 Å². The molecule has 0 aliphatic heterocycles. The Labute approximate surface area is 188 Å². The summed E-state index contributed by atoms with van der Waals surface area (Å²) in [5, 5.41) is 3.16. The second-order valence-corrected chi connectivity index (χ2v) is 10.6. The van der Waals surface area contributed by atoms with Crippen molar-refractivity contribution in [3.63, 3.8) is 0 Å². The largest absolute Gasteiger partial charge is 0.492 e. The first kappa shape index (κ1) is 24.3. The van der Waals surface area contributed by atoms with Crippen LogP contribution in [0, 0.1) is 0 Å². The van der Waals surface area contributed by atoms with Gasteiger partial charge in [-0.15, -0.1) is 0 Å². The number of amides is 1. The van der Waals surface area contributed by atoms with E-state index < -0.39 is 15.9 Å². The van der Waals surface area contributed by atoms with Gasteiger partial charge in [-0.3, -0.25) is 9.10 Å². The van der Waals surface area contributed by atoms with Gasteiger partial charge in [0.1, 0.15) is 18.9 Å². The molecular formula is C21H26Cl2N2O4S. The van der Waals surface area contributed by atoms with Crippen LogP contribution in [-0.2, 0) is 20.2 Å². The van der Waals surface area contributed by atoms with Crippen LogP contribution in [0.3, 0.4) is 0 Å². The number of hydrogen-bond acceptors (Lipinski definition) is 4. The van der Waals surface area contributed by atoms with Gasteiger partial charge in [0.05, 0.1) is 28.5 Å². The highest BCUT2D eigenvalue weighted by atomic mass is 35.5. The van der Waals surface area contributed by atoms with Crippen molar-refractivity contribution in [3.8, 4) is 5.75 Å². The summed E-state index contributed by atoms with van der Waals surface area (Å²) in [5.74, 6) is 0.240. The van der Waals surface area contributed by atoms with E-state index in [0.29, 0.717) is 10.8 Å². The van der Waals surface area contributed by atoms with Crippen molar-refractivity contribution in [1.29, 1.82) is 0 Å². The molecule has 1 amide bonds. The predicted molar refractivity (Wildman–Crippen MR) is 122 cm³/mol. The van der Waals surface area contributed by atoms with Gasteiger partial charge in [-0.25, -0.2) is 8.42 Å². The van der Waals surface area contributed by atoms with E-state index in [1.54, 1.807) is 0 Å². The average Bonchev–Trinajstić information content (AvgIpc) is 2.64. The molecule has 0 heterocycles. The molecule has 30 heavy (non-hydrogen) atoms. The van der Waals surface area contributed by atoms with Crippen molar-refractivity contribution in [2.75, 3.05) is 30.3 Å². The molecule has 0 radical (unpaired) electrons. The maximum absolute atomic E-state index is 12.3. The lowest BCUT2D eigenvalue weighted by molar-refractivity contribution is -0.119. The summed E-state index contributed by atoms with van der Waals surface area (Å²) in [7, 11) is -3.69. The summed E-state index contributed by atoms with van der Waals surface area (Å²) < 4.78 is 30.8. The zero-order valence-corrected chi connectivity index (χ0v) is 19.7. The van der Waals surface area contributed by atoms with Crippen LogP contribution < -0.4 is 14.4 Å². The Bertz CT molecular complexity index is 987. The first-order chi connectivity index (χ1) is 13.9. The summed E-state index contributed by atoms with van der Waals surface area (Å²) in [6, 6.07) is 12.2. The van der Waals surface area contributed by atoms with Crippen LogP contribution in [0.15, 0.2) is 42.5 Å². The Morgan fingerprint density at radius 1 is 1.07 bits per heavy atom. The number of halogens is 2. The van der Waals surface area contributed by atoms with Crippen LogP contribution >= 0.6 is 23.2 Å². The molecule has 0 spiro atoms. The number of ether oxygens (including phenoxy) is 1. The summed E-state index contributed by atoms with van der Waals surface area (Å²) in [5.41, 5.74) is 1.52. The molecule has 0 saturated carbocycles. The Kier molecular flexibility index (Phi) is 8.02. The minimum Gasteiger partial charge on any atom is -0.492 e. The molecule has 0 bridgehead atoms. The highest BCUT2D eigenvalue weighted by Gasteiger charge is 2.21. The van der Waals surface area contributed by atoms with Crippen LogP contribution in [0.25, 0.3) is 0 Å². The van der Waals surface area contributed by atoms with Gasteiger partial charge in [-0.05, 0) is 41.3 Å². The van der Waals surface area contributed by atoms with Gasteiger partial charge >= 0.3 is 0 Å². The smallest absolute Gasteiger partial charge is 0.240 e. The Morgan fingerprint density at radius 2 is 1.70 bits per heavy atom. The number of sulfonamides is 1. The van der Waals surface area contributed by atoms with Gasteiger partial charge in [0, 0.05) is 0 Å². The van der Waals surface area contributed by atoms with Crippen molar-refractivity contribution < 1.29 is 17.9 Å². The third-order valence-electron chi connectivity index (χ3n) is 4.29. The third kappa shape index (κ3) is 7.07. The minimum atomic E-state index is -3.69. The first-order valence-electron chi connectivity index (χ1n) is 9.31. The fourth-order valence-electron chi connectivity index (χ4n) is 2.64. The zero-order valence-electron chi connectivity index (χ0n) is 17.4. The maximum Gasteiger partial charge on any atom is 0.240 e. The van der Waals surface area contributed by atoms with Crippen molar-refractivity contribution in [2.24, 2.45) is 0 Å². The molecule has 0 unspecified atom stereocenters. The summed E-state index contributed by atoms with van der Waals surface area (Å²) in [6.45, 7) is 6.52. The summed E-state index contributed by atoms with van der Waals surface area (Å²) in [4.78, 5) is 12.3.